The predicted molar refractivity (Wildman–Crippen MR) is 64.8 cm³/mol. The highest BCUT2D eigenvalue weighted by atomic mass is 16.4. The van der Waals surface area contributed by atoms with E-state index < -0.39 is 0 Å². The Balaban J connectivity index is 2.93. The number of rotatable bonds is 4. The van der Waals surface area contributed by atoms with Crippen LogP contribution in [0.3, 0.4) is 0 Å². The molecule has 0 aromatic heterocycles. The van der Waals surface area contributed by atoms with E-state index in [1.165, 1.54) is 17.0 Å². The van der Waals surface area contributed by atoms with Crippen molar-refractivity contribution in [1.29, 1.82) is 0 Å². The zero-order valence-electron chi connectivity index (χ0n) is 9.87. The number of amidine groups is 1. The summed E-state index contributed by atoms with van der Waals surface area (Å²) in [6.45, 7) is 2.08. The summed E-state index contributed by atoms with van der Waals surface area (Å²) in [4.78, 5) is 13.4. The smallest absolute Gasteiger partial charge is 0.254 e. The number of carbonyl (C=O) groups excluding carboxylic acids is 1. The summed E-state index contributed by atoms with van der Waals surface area (Å²) in [6.07, 6.45) is 0. The van der Waals surface area contributed by atoms with Crippen LogP contribution in [0.2, 0.25) is 0 Å². The van der Waals surface area contributed by atoms with Crippen LogP contribution in [0.4, 0.5) is 0 Å². The van der Waals surface area contributed by atoms with Crippen LogP contribution >= 0.6 is 0 Å². The molecule has 0 aliphatic carbocycles. The largest absolute Gasteiger partial charge is 0.504 e. The van der Waals surface area contributed by atoms with Gasteiger partial charge >= 0.3 is 0 Å². The Morgan fingerprint density at radius 1 is 1.39 bits per heavy atom. The van der Waals surface area contributed by atoms with Crippen LogP contribution in [0, 0.1) is 0 Å². The second kappa shape index (κ2) is 5.76. The molecule has 18 heavy (non-hydrogen) atoms. The molecular formula is C11H15N3O4. The normalized spacial score (nSPS) is 11.3. The molecule has 0 aliphatic rings. The molecule has 0 unspecified atom stereocenters. The van der Waals surface area contributed by atoms with E-state index in [1.807, 2.05) is 0 Å². The number of likely N-dealkylation sites (N-methyl/N-ethyl adjacent to an activating group) is 1. The lowest BCUT2D eigenvalue weighted by Gasteiger charge is -2.20. The van der Waals surface area contributed by atoms with E-state index >= 15 is 0 Å². The first-order valence-electron chi connectivity index (χ1n) is 5.27. The number of carbonyl (C=O) groups is 1. The van der Waals surface area contributed by atoms with Crippen LogP contribution in [0.25, 0.3) is 0 Å². The van der Waals surface area contributed by atoms with E-state index in [1.54, 1.807) is 6.92 Å². The van der Waals surface area contributed by atoms with Gasteiger partial charge in [-0.05, 0) is 25.1 Å². The van der Waals surface area contributed by atoms with Crippen LogP contribution in [0.15, 0.2) is 23.4 Å². The van der Waals surface area contributed by atoms with Gasteiger partial charge in [0, 0.05) is 12.1 Å². The molecule has 0 spiro atoms. The average molecular weight is 253 g/mol. The van der Waals surface area contributed by atoms with Crippen LogP contribution < -0.4 is 5.73 Å². The van der Waals surface area contributed by atoms with Crippen molar-refractivity contribution >= 4 is 11.7 Å². The van der Waals surface area contributed by atoms with Crippen molar-refractivity contribution in [2.24, 2.45) is 10.9 Å². The first-order valence-corrected chi connectivity index (χ1v) is 5.27. The summed E-state index contributed by atoms with van der Waals surface area (Å²) >= 11 is 0. The van der Waals surface area contributed by atoms with E-state index in [4.69, 9.17) is 16.0 Å². The number of nitrogens with zero attached hydrogens (tertiary/aromatic N) is 2. The Bertz CT molecular complexity index is 473. The lowest BCUT2D eigenvalue weighted by molar-refractivity contribution is 0.0785. The van der Waals surface area contributed by atoms with Crippen molar-refractivity contribution in [3.05, 3.63) is 23.8 Å². The van der Waals surface area contributed by atoms with Crippen molar-refractivity contribution in [3.8, 4) is 11.5 Å². The highest BCUT2D eigenvalue weighted by Gasteiger charge is 2.16. The fraction of sp³-hybridized carbons (Fsp3) is 0.273. The minimum Gasteiger partial charge on any atom is -0.504 e. The molecule has 1 amide bonds. The van der Waals surface area contributed by atoms with Gasteiger partial charge in [-0.15, -0.1) is 0 Å². The van der Waals surface area contributed by atoms with Crippen molar-refractivity contribution < 1.29 is 20.2 Å². The van der Waals surface area contributed by atoms with E-state index in [-0.39, 0.29) is 35.4 Å². The molecule has 1 aromatic rings. The zero-order valence-corrected chi connectivity index (χ0v) is 9.87. The second-order valence-electron chi connectivity index (χ2n) is 3.61. The molecule has 1 aromatic carbocycles. The van der Waals surface area contributed by atoms with Crippen molar-refractivity contribution in [3.63, 3.8) is 0 Å². The Morgan fingerprint density at radius 3 is 2.56 bits per heavy atom. The summed E-state index contributed by atoms with van der Waals surface area (Å²) in [5.41, 5.74) is 5.54. The van der Waals surface area contributed by atoms with Gasteiger partial charge in [0.25, 0.3) is 5.91 Å². The number of aromatic hydroxyl groups is 2. The fourth-order valence-corrected chi connectivity index (χ4v) is 1.39. The number of oxime groups is 1. The van der Waals surface area contributed by atoms with Gasteiger partial charge in [-0.3, -0.25) is 4.79 Å². The van der Waals surface area contributed by atoms with Gasteiger partial charge < -0.3 is 26.1 Å². The number of hydrogen-bond acceptors (Lipinski definition) is 5. The molecule has 0 saturated carbocycles. The first-order chi connectivity index (χ1) is 8.49. The number of amides is 1. The van der Waals surface area contributed by atoms with Gasteiger partial charge in [0.05, 0.1) is 6.54 Å². The predicted octanol–water partition coefficient (Wildman–Crippen LogP) is 0.306. The Labute approximate surface area is 104 Å². The highest BCUT2D eigenvalue weighted by Crippen LogP contribution is 2.25. The number of phenolic OH excluding ortho intramolecular Hbond substituents is 2. The van der Waals surface area contributed by atoms with Crippen LogP contribution in [-0.2, 0) is 0 Å². The summed E-state index contributed by atoms with van der Waals surface area (Å²) in [5, 5.41) is 29.7. The maximum absolute atomic E-state index is 12.0. The van der Waals surface area contributed by atoms with Crippen LogP contribution in [-0.4, -0.2) is 45.2 Å². The molecule has 7 nitrogen and oxygen atoms in total. The monoisotopic (exact) mass is 253 g/mol. The third-order valence-corrected chi connectivity index (χ3v) is 2.37. The lowest BCUT2D eigenvalue weighted by Crippen LogP contribution is -2.38. The molecule has 0 radical (unpaired) electrons. The van der Waals surface area contributed by atoms with Crippen LogP contribution in [0.5, 0.6) is 11.5 Å². The van der Waals surface area contributed by atoms with Gasteiger partial charge in [0.1, 0.15) is 0 Å². The van der Waals surface area contributed by atoms with E-state index in [2.05, 4.69) is 5.16 Å². The Hall–Kier alpha value is -2.44. The molecule has 0 aliphatic heterocycles. The first kappa shape index (κ1) is 13.6. The molecule has 0 bridgehead atoms. The quantitative estimate of drug-likeness (QED) is 0.202. The van der Waals surface area contributed by atoms with Gasteiger partial charge in [0.15, 0.2) is 17.3 Å². The standard InChI is InChI=1S/C11H15N3O4/c1-2-14(6-10(12)13-18)11(17)7-3-4-8(15)9(16)5-7/h3-5,15-16,18H,2,6H2,1H3,(H2,12,13). The zero-order chi connectivity index (χ0) is 13.7. The molecule has 0 saturated heterocycles. The topological polar surface area (TPSA) is 119 Å². The molecule has 0 heterocycles. The molecular weight excluding hydrogens is 238 g/mol. The van der Waals surface area contributed by atoms with Gasteiger partial charge in [-0.2, -0.15) is 0 Å². The van der Waals surface area contributed by atoms with E-state index in [0.29, 0.717) is 6.54 Å². The lowest BCUT2D eigenvalue weighted by atomic mass is 10.1. The molecule has 7 heteroatoms. The number of phenols is 2. The summed E-state index contributed by atoms with van der Waals surface area (Å²) in [6, 6.07) is 3.76. The fourth-order valence-electron chi connectivity index (χ4n) is 1.39. The number of benzene rings is 1. The molecule has 5 N–H and O–H groups in total. The molecule has 1 rings (SSSR count). The number of hydrogen-bond donors (Lipinski definition) is 4. The van der Waals surface area contributed by atoms with Crippen molar-refractivity contribution in [2.75, 3.05) is 13.1 Å². The van der Waals surface area contributed by atoms with Gasteiger partial charge in [-0.1, -0.05) is 5.16 Å². The van der Waals surface area contributed by atoms with E-state index in [9.17, 15) is 9.90 Å². The summed E-state index contributed by atoms with van der Waals surface area (Å²) in [7, 11) is 0. The highest BCUT2D eigenvalue weighted by molar-refractivity contribution is 5.97. The van der Waals surface area contributed by atoms with Gasteiger partial charge in [0.2, 0.25) is 0 Å². The van der Waals surface area contributed by atoms with Crippen molar-refractivity contribution in [1.82, 2.24) is 4.90 Å². The molecule has 98 valence electrons. The Morgan fingerprint density at radius 2 is 2.06 bits per heavy atom. The maximum atomic E-state index is 12.0. The number of nitrogens with two attached hydrogens (primary N) is 1. The molecule has 0 atom stereocenters. The van der Waals surface area contributed by atoms with E-state index in [0.717, 1.165) is 6.07 Å². The summed E-state index contributed by atoms with van der Waals surface area (Å²) in [5.74, 6) is -1.15. The third kappa shape index (κ3) is 3.03. The minimum atomic E-state index is -0.389. The second-order valence-corrected chi connectivity index (χ2v) is 3.61. The van der Waals surface area contributed by atoms with Crippen LogP contribution in [0.1, 0.15) is 17.3 Å². The SMILES string of the molecule is CCN(C/C(N)=N/O)C(=O)c1ccc(O)c(O)c1. The third-order valence-electron chi connectivity index (χ3n) is 2.37. The average Bonchev–Trinajstić information content (AvgIpc) is 2.38. The molecule has 0 fully saturated rings. The Kier molecular flexibility index (Phi) is 4.36. The summed E-state index contributed by atoms with van der Waals surface area (Å²) < 4.78 is 0. The minimum absolute atomic E-state index is 0.0204. The maximum Gasteiger partial charge on any atom is 0.254 e. The van der Waals surface area contributed by atoms with Gasteiger partial charge in [-0.25, -0.2) is 0 Å². The van der Waals surface area contributed by atoms with Crippen molar-refractivity contribution in [2.45, 2.75) is 6.92 Å².